The summed E-state index contributed by atoms with van der Waals surface area (Å²) in [5.74, 6) is 2.65. The summed E-state index contributed by atoms with van der Waals surface area (Å²) in [6.45, 7) is 8.62. The number of benzene rings is 1. The Bertz CT molecular complexity index is 846. The summed E-state index contributed by atoms with van der Waals surface area (Å²) in [6.07, 6.45) is 1.78. The molecule has 3 heterocycles. The van der Waals surface area contributed by atoms with Gasteiger partial charge in [-0.1, -0.05) is 16.8 Å². The number of hydrogen-bond donors (Lipinski definition) is 0. The quantitative estimate of drug-likeness (QED) is 0.683. The predicted octanol–water partition coefficient (Wildman–Crippen LogP) is 3.30. The number of aromatic nitrogens is 2. The molecule has 0 bridgehead atoms. The van der Waals surface area contributed by atoms with Gasteiger partial charge in [0, 0.05) is 33.2 Å². The highest BCUT2D eigenvalue weighted by atomic mass is 35.5. The van der Waals surface area contributed by atoms with Gasteiger partial charge in [-0.05, 0) is 44.1 Å². The average Bonchev–Trinajstić information content (AvgIpc) is 2.92. The Labute approximate surface area is 182 Å². The fourth-order valence-corrected chi connectivity index (χ4v) is 4.06. The summed E-state index contributed by atoms with van der Waals surface area (Å²) in [5.41, 5.74) is 1.15. The first-order valence-corrected chi connectivity index (χ1v) is 10.9. The van der Waals surface area contributed by atoms with Crippen LogP contribution in [-0.2, 0) is 17.8 Å². The first-order valence-electron chi connectivity index (χ1n) is 10.5. The maximum Gasteiger partial charge on any atom is 0.240 e. The van der Waals surface area contributed by atoms with Gasteiger partial charge in [0.1, 0.15) is 6.10 Å². The molecule has 2 aliphatic rings. The molecule has 1 aromatic carbocycles. The highest BCUT2D eigenvalue weighted by Crippen LogP contribution is 2.38. The van der Waals surface area contributed by atoms with Crippen LogP contribution in [0.15, 0.2) is 16.7 Å². The number of methoxy groups -OCH3 is 1. The number of rotatable bonds is 6. The minimum atomic E-state index is -0.163. The van der Waals surface area contributed by atoms with Crippen LogP contribution in [-0.4, -0.2) is 66.4 Å². The van der Waals surface area contributed by atoms with Crippen molar-refractivity contribution >= 4 is 11.6 Å². The normalized spacial score (nSPS) is 19.3. The topological polar surface area (TPSA) is 73.1 Å². The van der Waals surface area contributed by atoms with Gasteiger partial charge >= 0.3 is 0 Å². The van der Waals surface area contributed by atoms with Crippen molar-refractivity contribution in [2.75, 3.05) is 46.5 Å². The Morgan fingerprint density at radius 2 is 1.83 bits per heavy atom. The number of hydrogen-bond acceptors (Lipinski definition) is 8. The Morgan fingerprint density at radius 1 is 1.07 bits per heavy atom. The Hall–Kier alpha value is -1.87. The van der Waals surface area contributed by atoms with E-state index >= 15 is 0 Å². The second kappa shape index (κ2) is 9.96. The summed E-state index contributed by atoms with van der Waals surface area (Å²) in [5, 5.41) is 4.64. The number of nitrogens with zero attached hydrogens (tertiary/aromatic N) is 4. The minimum absolute atomic E-state index is 0.163. The van der Waals surface area contributed by atoms with E-state index in [1.807, 2.05) is 13.0 Å². The van der Waals surface area contributed by atoms with Crippen LogP contribution in [0.2, 0.25) is 5.02 Å². The van der Waals surface area contributed by atoms with Crippen LogP contribution in [0.1, 0.15) is 43.1 Å². The van der Waals surface area contributed by atoms with Gasteiger partial charge in [0.25, 0.3) is 0 Å². The van der Waals surface area contributed by atoms with E-state index in [4.69, 9.17) is 30.3 Å². The summed E-state index contributed by atoms with van der Waals surface area (Å²) < 4.78 is 22.2. The van der Waals surface area contributed by atoms with Crippen molar-refractivity contribution in [3.63, 3.8) is 0 Å². The van der Waals surface area contributed by atoms with Crippen LogP contribution >= 0.6 is 11.6 Å². The van der Waals surface area contributed by atoms with Crippen molar-refractivity contribution in [1.29, 1.82) is 0 Å². The molecule has 8 nitrogen and oxygen atoms in total. The SMILES string of the molecule is COC(C)c1noc(CN2CCCN(Cc3cc(Cl)c4c(c3)OCCCO4)CC2)n1. The number of ether oxygens (including phenoxy) is 3. The average molecular weight is 437 g/mol. The van der Waals surface area contributed by atoms with Crippen molar-refractivity contribution < 1.29 is 18.7 Å². The van der Waals surface area contributed by atoms with E-state index in [0.29, 0.717) is 42.2 Å². The van der Waals surface area contributed by atoms with Gasteiger partial charge in [0.05, 0.1) is 24.8 Å². The highest BCUT2D eigenvalue weighted by Gasteiger charge is 2.21. The van der Waals surface area contributed by atoms with Gasteiger partial charge in [-0.15, -0.1) is 0 Å². The summed E-state index contributed by atoms with van der Waals surface area (Å²) in [4.78, 5) is 9.26. The Balaban J connectivity index is 1.34. The van der Waals surface area contributed by atoms with Crippen LogP contribution in [0, 0.1) is 0 Å². The molecular weight excluding hydrogens is 408 g/mol. The molecule has 0 saturated carbocycles. The molecule has 0 spiro atoms. The van der Waals surface area contributed by atoms with E-state index in [-0.39, 0.29) is 6.10 Å². The maximum absolute atomic E-state index is 6.45. The zero-order valence-electron chi connectivity index (χ0n) is 17.6. The third-order valence-corrected chi connectivity index (χ3v) is 5.79. The monoisotopic (exact) mass is 436 g/mol. The third-order valence-electron chi connectivity index (χ3n) is 5.51. The lowest BCUT2D eigenvalue weighted by atomic mass is 10.2. The van der Waals surface area contributed by atoms with Crippen LogP contribution in [0.25, 0.3) is 0 Å². The van der Waals surface area contributed by atoms with Gasteiger partial charge in [0.2, 0.25) is 5.89 Å². The van der Waals surface area contributed by atoms with Crippen molar-refractivity contribution in [1.82, 2.24) is 19.9 Å². The molecule has 0 radical (unpaired) electrons. The molecule has 2 aromatic rings. The molecule has 0 N–H and O–H groups in total. The molecule has 1 fully saturated rings. The van der Waals surface area contributed by atoms with Gasteiger partial charge < -0.3 is 18.7 Å². The first kappa shape index (κ1) is 21.4. The fourth-order valence-electron chi connectivity index (χ4n) is 3.77. The van der Waals surface area contributed by atoms with E-state index in [1.54, 1.807) is 7.11 Å². The summed E-state index contributed by atoms with van der Waals surface area (Å²) >= 11 is 6.45. The van der Waals surface area contributed by atoms with E-state index in [9.17, 15) is 0 Å². The predicted molar refractivity (Wildman–Crippen MR) is 112 cm³/mol. The first-order chi connectivity index (χ1) is 14.6. The number of halogens is 1. The smallest absolute Gasteiger partial charge is 0.240 e. The molecule has 4 rings (SSSR count). The molecule has 1 saturated heterocycles. The standard InChI is InChI=1S/C21H29ClN4O4/c1-15(27-2)21-23-19(30-24-21)14-26-6-3-5-25(7-8-26)13-16-11-17(22)20-18(12-16)28-9-4-10-29-20/h11-12,15H,3-10,13-14H2,1-2H3. The van der Waals surface area contributed by atoms with E-state index in [2.05, 4.69) is 26.0 Å². The lowest BCUT2D eigenvalue weighted by Gasteiger charge is -2.21. The third kappa shape index (κ3) is 5.24. The van der Waals surface area contributed by atoms with Gasteiger partial charge in [-0.3, -0.25) is 9.80 Å². The van der Waals surface area contributed by atoms with E-state index in [1.165, 1.54) is 0 Å². The number of fused-ring (bicyclic) bond motifs is 1. The molecule has 164 valence electrons. The zero-order valence-corrected chi connectivity index (χ0v) is 18.4. The van der Waals surface area contributed by atoms with Crippen molar-refractivity contribution in [2.45, 2.75) is 39.0 Å². The molecule has 1 unspecified atom stereocenters. The van der Waals surface area contributed by atoms with Gasteiger partial charge in [-0.2, -0.15) is 4.98 Å². The largest absolute Gasteiger partial charge is 0.489 e. The van der Waals surface area contributed by atoms with E-state index < -0.39 is 0 Å². The lowest BCUT2D eigenvalue weighted by molar-refractivity contribution is 0.109. The Kier molecular flexibility index (Phi) is 7.09. The molecule has 0 amide bonds. The molecule has 30 heavy (non-hydrogen) atoms. The Morgan fingerprint density at radius 3 is 2.63 bits per heavy atom. The van der Waals surface area contributed by atoms with Gasteiger partial charge in [0.15, 0.2) is 17.3 Å². The maximum atomic E-state index is 6.45. The molecule has 1 aromatic heterocycles. The molecule has 2 aliphatic heterocycles. The summed E-state index contributed by atoms with van der Waals surface area (Å²) in [7, 11) is 1.64. The fraction of sp³-hybridized carbons (Fsp3) is 0.619. The molecular formula is C21H29ClN4O4. The molecule has 0 aliphatic carbocycles. The van der Waals surface area contributed by atoms with Crippen LogP contribution in [0.5, 0.6) is 11.5 Å². The molecule has 9 heteroatoms. The highest BCUT2D eigenvalue weighted by molar-refractivity contribution is 6.32. The van der Waals surface area contributed by atoms with Crippen molar-refractivity contribution in [3.8, 4) is 11.5 Å². The minimum Gasteiger partial charge on any atom is -0.489 e. The zero-order chi connectivity index (χ0) is 20.9. The van der Waals surface area contributed by atoms with Crippen molar-refractivity contribution in [3.05, 3.63) is 34.4 Å². The molecule has 1 atom stereocenters. The van der Waals surface area contributed by atoms with Crippen LogP contribution in [0.3, 0.4) is 0 Å². The second-order valence-electron chi connectivity index (χ2n) is 7.79. The van der Waals surface area contributed by atoms with Crippen molar-refractivity contribution in [2.24, 2.45) is 0 Å². The van der Waals surface area contributed by atoms with E-state index in [0.717, 1.165) is 56.9 Å². The van der Waals surface area contributed by atoms with Crippen LogP contribution in [0.4, 0.5) is 0 Å². The second-order valence-corrected chi connectivity index (χ2v) is 8.19. The van der Waals surface area contributed by atoms with Gasteiger partial charge in [-0.25, -0.2) is 0 Å². The lowest BCUT2D eigenvalue weighted by Crippen LogP contribution is -2.30. The summed E-state index contributed by atoms with van der Waals surface area (Å²) in [6, 6.07) is 4.06. The van der Waals surface area contributed by atoms with Crippen LogP contribution < -0.4 is 9.47 Å².